The van der Waals surface area contributed by atoms with Crippen LogP contribution in [0, 0.1) is 6.92 Å². The SMILES string of the molecule is CCOC(=O)c1sc(C(C)NC(=NC)NCCOC)nc1C. The molecule has 0 saturated carbocycles. The molecule has 8 heteroatoms. The molecule has 0 saturated heterocycles. The van der Waals surface area contributed by atoms with Gasteiger partial charge >= 0.3 is 5.97 Å². The van der Waals surface area contributed by atoms with Gasteiger partial charge in [-0.25, -0.2) is 9.78 Å². The Morgan fingerprint density at radius 2 is 2.23 bits per heavy atom. The van der Waals surface area contributed by atoms with Crippen LogP contribution in [-0.2, 0) is 9.47 Å². The highest BCUT2D eigenvalue weighted by Gasteiger charge is 2.19. The summed E-state index contributed by atoms with van der Waals surface area (Å²) in [5.74, 6) is 0.341. The van der Waals surface area contributed by atoms with Crippen molar-refractivity contribution in [1.82, 2.24) is 15.6 Å². The van der Waals surface area contributed by atoms with Gasteiger partial charge in [0.15, 0.2) is 5.96 Å². The topological polar surface area (TPSA) is 84.8 Å². The zero-order valence-corrected chi connectivity index (χ0v) is 14.5. The number of esters is 1. The number of hydrogen-bond donors (Lipinski definition) is 2. The lowest BCUT2D eigenvalue weighted by atomic mass is 10.3. The Morgan fingerprint density at radius 1 is 1.50 bits per heavy atom. The van der Waals surface area contributed by atoms with E-state index in [1.165, 1.54) is 11.3 Å². The molecule has 0 fully saturated rings. The number of rotatable bonds is 7. The minimum atomic E-state index is -0.321. The smallest absolute Gasteiger partial charge is 0.350 e. The van der Waals surface area contributed by atoms with E-state index >= 15 is 0 Å². The highest BCUT2D eigenvalue weighted by molar-refractivity contribution is 7.13. The van der Waals surface area contributed by atoms with Crippen molar-refractivity contribution in [3.05, 3.63) is 15.6 Å². The molecule has 0 radical (unpaired) electrons. The number of aliphatic imine (C=N–C) groups is 1. The number of ether oxygens (including phenoxy) is 2. The van der Waals surface area contributed by atoms with Gasteiger partial charge in [-0.3, -0.25) is 4.99 Å². The number of thiazole rings is 1. The zero-order valence-electron chi connectivity index (χ0n) is 13.7. The van der Waals surface area contributed by atoms with Crippen molar-refractivity contribution in [2.24, 2.45) is 4.99 Å². The van der Waals surface area contributed by atoms with E-state index in [0.717, 1.165) is 5.01 Å². The van der Waals surface area contributed by atoms with Crippen LogP contribution in [0.25, 0.3) is 0 Å². The largest absolute Gasteiger partial charge is 0.462 e. The molecular weight excluding hydrogens is 304 g/mol. The third-order valence-electron chi connectivity index (χ3n) is 2.82. The average molecular weight is 328 g/mol. The molecule has 0 bridgehead atoms. The summed E-state index contributed by atoms with van der Waals surface area (Å²) in [5.41, 5.74) is 0.689. The summed E-state index contributed by atoms with van der Waals surface area (Å²) < 4.78 is 10.0. The Kier molecular flexibility index (Phi) is 7.83. The molecule has 7 nitrogen and oxygen atoms in total. The van der Waals surface area contributed by atoms with Crippen molar-refractivity contribution < 1.29 is 14.3 Å². The second kappa shape index (κ2) is 9.37. The maximum atomic E-state index is 11.8. The standard InChI is InChI=1S/C14H24N4O3S/c1-6-21-13(19)11-9(2)17-12(22-11)10(3)18-14(15-4)16-7-8-20-5/h10H,6-8H2,1-5H3,(H2,15,16,18). The van der Waals surface area contributed by atoms with Crippen LogP contribution in [-0.4, -0.2) is 50.8 Å². The van der Waals surface area contributed by atoms with E-state index in [0.29, 0.717) is 36.3 Å². The normalized spacial score (nSPS) is 12.9. The fourth-order valence-corrected chi connectivity index (χ4v) is 2.68. The van der Waals surface area contributed by atoms with Crippen LogP contribution in [0.3, 0.4) is 0 Å². The van der Waals surface area contributed by atoms with Crippen molar-refractivity contribution in [3.8, 4) is 0 Å². The molecule has 1 atom stereocenters. The van der Waals surface area contributed by atoms with Gasteiger partial charge in [-0.05, 0) is 20.8 Å². The summed E-state index contributed by atoms with van der Waals surface area (Å²) in [4.78, 5) is 21.0. The molecule has 1 unspecified atom stereocenters. The number of aryl methyl sites for hydroxylation is 1. The fourth-order valence-electron chi connectivity index (χ4n) is 1.72. The van der Waals surface area contributed by atoms with Gasteiger partial charge in [-0.2, -0.15) is 0 Å². The first-order chi connectivity index (χ1) is 10.5. The summed E-state index contributed by atoms with van der Waals surface area (Å²) in [6.07, 6.45) is 0. The third kappa shape index (κ3) is 5.27. The molecule has 0 aliphatic carbocycles. The zero-order chi connectivity index (χ0) is 16.5. The summed E-state index contributed by atoms with van der Waals surface area (Å²) in [6.45, 7) is 7.18. The second-order valence-corrected chi connectivity index (χ2v) is 5.58. The summed E-state index contributed by atoms with van der Waals surface area (Å²) >= 11 is 1.34. The molecule has 0 spiro atoms. The molecule has 0 amide bonds. The molecule has 1 aromatic rings. The quantitative estimate of drug-likeness (QED) is 0.341. The van der Waals surface area contributed by atoms with E-state index in [1.54, 1.807) is 21.1 Å². The molecule has 0 aliphatic heterocycles. The Balaban J connectivity index is 2.71. The predicted octanol–water partition coefficient (Wildman–Crippen LogP) is 1.50. The number of nitrogens with zero attached hydrogens (tertiary/aromatic N) is 2. The first-order valence-corrected chi connectivity index (χ1v) is 7.95. The third-order valence-corrected chi connectivity index (χ3v) is 4.14. The molecule has 1 rings (SSSR count). The van der Waals surface area contributed by atoms with Crippen LogP contribution in [0.2, 0.25) is 0 Å². The minimum Gasteiger partial charge on any atom is -0.462 e. The predicted molar refractivity (Wildman–Crippen MR) is 87.6 cm³/mol. The number of methoxy groups -OCH3 is 1. The van der Waals surface area contributed by atoms with Gasteiger partial charge in [0.25, 0.3) is 0 Å². The first kappa shape index (κ1) is 18.4. The van der Waals surface area contributed by atoms with Gasteiger partial charge in [0.1, 0.15) is 9.88 Å². The Labute approximate surface area is 135 Å². The van der Waals surface area contributed by atoms with Gasteiger partial charge in [0, 0.05) is 20.7 Å². The van der Waals surface area contributed by atoms with Crippen LogP contribution >= 0.6 is 11.3 Å². The molecule has 0 aromatic carbocycles. The van der Waals surface area contributed by atoms with Crippen molar-refractivity contribution >= 4 is 23.3 Å². The van der Waals surface area contributed by atoms with Crippen molar-refractivity contribution in [1.29, 1.82) is 0 Å². The summed E-state index contributed by atoms with van der Waals surface area (Å²) in [5, 5.41) is 7.18. The lowest BCUT2D eigenvalue weighted by molar-refractivity contribution is 0.0531. The van der Waals surface area contributed by atoms with E-state index in [4.69, 9.17) is 9.47 Å². The molecule has 1 heterocycles. The Morgan fingerprint density at radius 3 is 2.82 bits per heavy atom. The van der Waals surface area contributed by atoms with Crippen LogP contribution in [0.15, 0.2) is 4.99 Å². The lowest BCUT2D eigenvalue weighted by Gasteiger charge is -2.15. The number of guanidine groups is 1. The van der Waals surface area contributed by atoms with Gasteiger partial charge in [0.05, 0.1) is 24.9 Å². The lowest BCUT2D eigenvalue weighted by Crippen LogP contribution is -2.40. The van der Waals surface area contributed by atoms with Gasteiger partial charge in [0.2, 0.25) is 0 Å². The Bertz CT molecular complexity index is 516. The number of hydrogen-bond acceptors (Lipinski definition) is 6. The number of nitrogens with one attached hydrogen (secondary N) is 2. The van der Waals surface area contributed by atoms with Crippen LogP contribution < -0.4 is 10.6 Å². The van der Waals surface area contributed by atoms with Crippen molar-refractivity contribution in [2.75, 3.05) is 33.9 Å². The van der Waals surface area contributed by atoms with Crippen LogP contribution in [0.1, 0.15) is 40.3 Å². The fraction of sp³-hybridized carbons (Fsp3) is 0.643. The van der Waals surface area contributed by atoms with E-state index in [9.17, 15) is 4.79 Å². The molecular formula is C14H24N4O3S. The molecule has 22 heavy (non-hydrogen) atoms. The number of carbonyl (C=O) groups is 1. The molecule has 1 aromatic heterocycles. The molecule has 0 aliphatic rings. The van der Waals surface area contributed by atoms with E-state index in [2.05, 4.69) is 20.6 Å². The van der Waals surface area contributed by atoms with Crippen LogP contribution in [0.5, 0.6) is 0 Å². The van der Waals surface area contributed by atoms with E-state index in [1.807, 2.05) is 13.8 Å². The minimum absolute atomic E-state index is 0.0689. The highest BCUT2D eigenvalue weighted by atomic mass is 32.1. The maximum Gasteiger partial charge on any atom is 0.350 e. The maximum absolute atomic E-state index is 11.8. The van der Waals surface area contributed by atoms with Crippen LogP contribution in [0.4, 0.5) is 0 Å². The van der Waals surface area contributed by atoms with E-state index < -0.39 is 0 Å². The van der Waals surface area contributed by atoms with Gasteiger partial charge < -0.3 is 20.1 Å². The summed E-state index contributed by atoms with van der Waals surface area (Å²) in [6, 6.07) is -0.0689. The van der Waals surface area contributed by atoms with E-state index in [-0.39, 0.29) is 12.0 Å². The Hall–Kier alpha value is -1.67. The van der Waals surface area contributed by atoms with Gasteiger partial charge in [-0.1, -0.05) is 0 Å². The average Bonchev–Trinajstić information content (AvgIpc) is 2.88. The molecule has 2 N–H and O–H groups in total. The molecule has 124 valence electrons. The highest BCUT2D eigenvalue weighted by Crippen LogP contribution is 2.24. The monoisotopic (exact) mass is 328 g/mol. The summed E-state index contributed by atoms with van der Waals surface area (Å²) in [7, 11) is 3.35. The second-order valence-electron chi connectivity index (χ2n) is 4.54. The number of carbonyl (C=O) groups excluding carboxylic acids is 1. The van der Waals surface area contributed by atoms with Crippen molar-refractivity contribution in [3.63, 3.8) is 0 Å². The van der Waals surface area contributed by atoms with Gasteiger partial charge in [-0.15, -0.1) is 11.3 Å². The first-order valence-electron chi connectivity index (χ1n) is 7.14. The number of aromatic nitrogens is 1. The van der Waals surface area contributed by atoms with Crippen molar-refractivity contribution in [2.45, 2.75) is 26.8 Å².